The van der Waals surface area contributed by atoms with Crippen molar-refractivity contribution in [1.82, 2.24) is 14.8 Å². The molecular weight excluding hydrogens is 426 g/mol. The van der Waals surface area contributed by atoms with Crippen LogP contribution in [-0.4, -0.2) is 34.6 Å². The summed E-state index contributed by atoms with van der Waals surface area (Å²) in [7, 11) is -1.16. The van der Waals surface area contributed by atoms with E-state index in [2.05, 4.69) is 45.8 Å². The molecule has 3 rings (SSSR count). The van der Waals surface area contributed by atoms with Crippen molar-refractivity contribution in [3.63, 3.8) is 0 Å². The van der Waals surface area contributed by atoms with Gasteiger partial charge in [-0.25, -0.2) is 5.10 Å². The number of nitrogens with zero attached hydrogens (tertiary/aromatic N) is 2. The van der Waals surface area contributed by atoms with Crippen molar-refractivity contribution in [3.05, 3.63) is 56.5 Å². The Kier molecular flexibility index (Phi) is 5.88. The van der Waals surface area contributed by atoms with Gasteiger partial charge >= 0.3 is 0 Å². The van der Waals surface area contributed by atoms with Gasteiger partial charge in [0.05, 0.1) is 21.7 Å². The lowest BCUT2D eigenvalue weighted by molar-refractivity contribution is 0.0887. The number of halogens is 1. The van der Waals surface area contributed by atoms with Crippen LogP contribution in [0.15, 0.2) is 39.9 Å². The van der Waals surface area contributed by atoms with Crippen LogP contribution < -0.4 is 5.56 Å². The fraction of sp³-hybridized carbons (Fsp3) is 0.368. The van der Waals surface area contributed by atoms with Crippen LogP contribution >= 0.6 is 15.9 Å². The molecule has 27 heavy (non-hydrogen) atoms. The molecule has 0 radical (unpaired) electrons. The second kappa shape index (κ2) is 8.00. The van der Waals surface area contributed by atoms with Gasteiger partial charge in [0.2, 0.25) is 0 Å². The Morgan fingerprint density at radius 1 is 1.33 bits per heavy atom. The summed E-state index contributed by atoms with van der Waals surface area (Å²) in [6.07, 6.45) is 2.16. The van der Waals surface area contributed by atoms with Crippen molar-refractivity contribution in [1.29, 1.82) is 0 Å². The normalized spacial score (nSPS) is 12.0. The number of phenols is 1. The third-order valence-electron chi connectivity index (χ3n) is 4.42. The Bertz CT molecular complexity index is 1010. The molecule has 2 N–H and O–H groups in total. The number of rotatable bonds is 7. The number of H-pyrrole nitrogens is 1. The predicted molar refractivity (Wildman–Crippen MR) is 113 cm³/mol. The number of hydrogen-bond donors (Lipinski definition) is 2. The molecular formula is C19H24BrN3O3Si. The van der Waals surface area contributed by atoms with E-state index in [1.807, 2.05) is 10.6 Å². The molecule has 3 aromatic rings. The molecule has 0 spiro atoms. The second-order valence-corrected chi connectivity index (χ2v) is 14.2. The smallest absolute Gasteiger partial charge is 0.273 e. The molecule has 144 valence electrons. The number of aromatic nitrogens is 3. The third kappa shape index (κ3) is 4.69. The number of benzene rings is 1. The molecule has 0 aliphatic rings. The molecule has 0 unspecified atom stereocenters. The number of nitrogens with one attached hydrogen (secondary N) is 1. The fourth-order valence-corrected chi connectivity index (χ4v) is 4.34. The summed E-state index contributed by atoms with van der Waals surface area (Å²) < 4.78 is 8.62. The highest BCUT2D eigenvalue weighted by atomic mass is 79.9. The van der Waals surface area contributed by atoms with Crippen molar-refractivity contribution in [2.45, 2.75) is 38.8 Å². The maximum Gasteiger partial charge on any atom is 0.273 e. The molecule has 0 fully saturated rings. The summed E-state index contributed by atoms with van der Waals surface area (Å²) in [6, 6.07) is 8.14. The Morgan fingerprint density at radius 3 is 2.81 bits per heavy atom. The topological polar surface area (TPSA) is 80.1 Å². The molecule has 0 saturated carbocycles. The zero-order chi connectivity index (χ0) is 19.6. The third-order valence-corrected chi connectivity index (χ3v) is 7.03. The number of fused-ring (bicyclic) bond motifs is 1. The number of ether oxygens (including phenoxy) is 1. The molecule has 0 atom stereocenters. The van der Waals surface area contributed by atoms with Gasteiger partial charge < -0.3 is 14.4 Å². The van der Waals surface area contributed by atoms with Crippen LogP contribution in [-0.2, 0) is 17.9 Å². The number of aromatic amines is 1. The fourth-order valence-electron chi connectivity index (χ4n) is 2.95. The zero-order valence-electron chi connectivity index (χ0n) is 15.8. The lowest BCUT2D eigenvalue weighted by Gasteiger charge is -2.16. The van der Waals surface area contributed by atoms with E-state index in [1.54, 1.807) is 24.4 Å². The molecule has 2 aromatic heterocycles. The summed E-state index contributed by atoms with van der Waals surface area (Å²) >= 11 is 3.64. The first-order valence-electron chi connectivity index (χ1n) is 8.86. The molecule has 6 nitrogen and oxygen atoms in total. The van der Waals surface area contributed by atoms with Crippen LogP contribution in [0.2, 0.25) is 25.7 Å². The lowest BCUT2D eigenvalue weighted by Crippen LogP contribution is -2.22. The maximum atomic E-state index is 12.4. The van der Waals surface area contributed by atoms with E-state index in [0.29, 0.717) is 25.1 Å². The maximum absolute atomic E-state index is 12.4. The van der Waals surface area contributed by atoms with Gasteiger partial charge in [0.1, 0.15) is 12.5 Å². The minimum atomic E-state index is -1.16. The zero-order valence-corrected chi connectivity index (χ0v) is 18.3. The number of phenolic OH excluding ortho intramolecular Hbond substituents is 1. The summed E-state index contributed by atoms with van der Waals surface area (Å²) in [6.45, 7) is 7.99. The minimum Gasteiger partial charge on any atom is -0.508 e. The van der Waals surface area contributed by atoms with Crippen LogP contribution in [0.1, 0.15) is 11.1 Å². The van der Waals surface area contributed by atoms with E-state index in [4.69, 9.17) is 4.74 Å². The van der Waals surface area contributed by atoms with Crippen molar-refractivity contribution >= 4 is 34.9 Å². The first-order chi connectivity index (χ1) is 12.8. The van der Waals surface area contributed by atoms with Crippen LogP contribution in [0.3, 0.4) is 0 Å². The van der Waals surface area contributed by atoms with Gasteiger partial charge in [-0.15, -0.1) is 0 Å². The van der Waals surface area contributed by atoms with Crippen molar-refractivity contribution in [2.24, 2.45) is 0 Å². The standard InChI is InChI=1S/C19H24BrN3O3Si/c1-27(2,3)8-7-26-12-23-16-11-21-22-19(25)17(16)15(18(23)20)10-13-5-4-6-14(24)9-13/h4-6,9,11,24H,7-8,10,12H2,1-3H3,(H,22,25). The highest BCUT2D eigenvalue weighted by Gasteiger charge is 2.19. The van der Waals surface area contributed by atoms with E-state index < -0.39 is 8.07 Å². The Balaban J connectivity index is 1.94. The predicted octanol–water partition coefficient (Wildman–Crippen LogP) is 4.10. The lowest BCUT2D eigenvalue weighted by atomic mass is 10.1. The molecule has 1 aromatic carbocycles. The van der Waals surface area contributed by atoms with Gasteiger partial charge in [0.15, 0.2) is 0 Å². The average molecular weight is 450 g/mol. The molecule has 2 heterocycles. The van der Waals surface area contributed by atoms with Crippen LogP contribution in [0.25, 0.3) is 10.9 Å². The van der Waals surface area contributed by atoms with Gasteiger partial charge in [-0.1, -0.05) is 31.8 Å². The van der Waals surface area contributed by atoms with Crippen LogP contribution in [0.4, 0.5) is 0 Å². The highest BCUT2D eigenvalue weighted by Crippen LogP contribution is 2.30. The Hall–Kier alpha value is -1.90. The van der Waals surface area contributed by atoms with E-state index in [-0.39, 0.29) is 11.3 Å². The van der Waals surface area contributed by atoms with Gasteiger partial charge in [-0.2, -0.15) is 5.10 Å². The molecule has 0 saturated heterocycles. The summed E-state index contributed by atoms with van der Waals surface area (Å²) in [4.78, 5) is 12.4. The molecule has 0 aliphatic carbocycles. The van der Waals surface area contributed by atoms with Crippen molar-refractivity contribution < 1.29 is 9.84 Å². The van der Waals surface area contributed by atoms with Crippen LogP contribution in [0.5, 0.6) is 5.75 Å². The minimum absolute atomic E-state index is 0.206. The second-order valence-electron chi connectivity index (χ2n) is 7.85. The summed E-state index contributed by atoms with van der Waals surface area (Å²) in [5.41, 5.74) is 2.27. The van der Waals surface area contributed by atoms with Crippen molar-refractivity contribution in [3.8, 4) is 5.75 Å². The first-order valence-corrected chi connectivity index (χ1v) is 13.4. The van der Waals surface area contributed by atoms with E-state index in [0.717, 1.165) is 27.3 Å². The quantitative estimate of drug-likeness (QED) is 0.420. The monoisotopic (exact) mass is 449 g/mol. The molecule has 0 aliphatic heterocycles. The van der Waals surface area contributed by atoms with E-state index in [1.165, 1.54) is 0 Å². The van der Waals surface area contributed by atoms with Crippen molar-refractivity contribution in [2.75, 3.05) is 6.61 Å². The Morgan fingerprint density at radius 2 is 2.11 bits per heavy atom. The van der Waals surface area contributed by atoms with E-state index >= 15 is 0 Å². The summed E-state index contributed by atoms with van der Waals surface area (Å²) in [5, 5.41) is 16.8. The molecule has 0 amide bonds. The number of aromatic hydroxyl groups is 1. The average Bonchev–Trinajstić information content (AvgIpc) is 2.84. The molecule has 0 bridgehead atoms. The first kappa shape index (κ1) is 19.8. The van der Waals surface area contributed by atoms with Gasteiger partial charge in [-0.05, 0) is 39.7 Å². The molecule has 8 heteroatoms. The Labute approximate surface area is 167 Å². The SMILES string of the molecule is C[Si](C)(C)CCOCn1c(Br)c(Cc2cccc(O)c2)c2c(=O)[nH]ncc21. The van der Waals surface area contributed by atoms with Gasteiger partial charge in [-0.3, -0.25) is 4.79 Å². The van der Waals surface area contributed by atoms with Gasteiger partial charge in [0, 0.05) is 26.7 Å². The highest BCUT2D eigenvalue weighted by molar-refractivity contribution is 9.10. The van der Waals surface area contributed by atoms with Crippen LogP contribution in [0, 0.1) is 0 Å². The number of hydrogen-bond acceptors (Lipinski definition) is 4. The van der Waals surface area contributed by atoms with Gasteiger partial charge in [0.25, 0.3) is 5.56 Å². The van der Waals surface area contributed by atoms with E-state index in [9.17, 15) is 9.90 Å². The largest absolute Gasteiger partial charge is 0.508 e. The summed E-state index contributed by atoms with van der Waals surface area (Å²) in [5.74, 6) is 0.206.